The van der Waals surface area contributed by atoms with Gasteiger partial charge >= 0.3 is 0 Å². The van der Waals surface area contributed by atoms with E-state index in [-0.39, 0.29) is 0 Å². The molecule has 4 nitrogen and oxygen atoms in total. The van der Waals surface area contributed by atoms with Crippen molar-refractivity contribution in [2.24, 2.45) is 22.7 Å². The van der Waals surface area contributed by atoms with Gasteiger partial charge in [0.15, 0.2) is 0 Å². The Morgan fingerprint density at radius 1 is 1.24 bits per heavy atom. The number of aliphatic imine (C=N–C) groups is 1. The lowest BCUT2D eigenvalue weighted by molar-refractivity contribution is 0.522. The minimum Gasteiger partial charge on any atom is -0.353 e. The molecule has 2 aliphatic rings. The van der Waals surface area contributed by atoms with Crippen LogP contribution in [0.5, 0.6) is 0 Å². The molecule has 0 aromatic heterocycles. The summed E-state index contributed by atoms with van der Waals surface area (Å²) < 4.78 is 0. The third kappa shape index (κ3) is 3.87. The molecule has 0 aromatic rings. The van der Waals surface area contributed by atoms with Crippen molar-refractivity contribution >= 4 is 5.96 Å². The van der Waals surface area contributed by atoms with Crippen molar-refractivity contribution in [3.63, 3.8) is 0 Å². The Morgan fingerprint density at radius 2 is 2.00 bits per heavy atom. The molecule has 17 heavy (non-hydrogen) atoms. The number of hydrazine groups is 1. The summed E-state index contributed by atoms with van der Waals surface area (Å²) >= 11 is 0. The molecule has 2 aliphatic carbocycles. The Hall–Kier alpha value is -0.770. The van der Waals surface area contributed by atoms with Crippen molar-refractivity contribution in [2.45, 2.75) is 57.9 Å². The molecular weight excluding hydrogens is 212 g/mol. The van der Waals surface area contributed by atoms with Gasteiger partial charge in [0, 0.05) is 12.6 Å². The fourth-order valence-corrected chi connectivity index (χ4v) is 3.11. The summed E-state index contributed by atoms with van der Waals surface area (Å²) in [6.45, 7) is 3.26. The Balaban J connectivity index is 1.76. The van der Waals surface area contributed by atoms with E-state index >= 15 is 0 Å². The Morgan fingerprint density at radius 3 is 2.59 bits per heavy atom. The smallest absolute Gasteiger partial charge is 0.205 e. The molecule has 0 aliphatic heterocycles. The van der Waals surface area contributed by atoms with Crippen molar-refractivity contribution in [2.75, 3.05) is 6.54 Å². The van der Waals surface area contributed by atoms with Crippen LogP contribution in [-0.2, 0) is 0 Å². The molecule has 4 heteroatoms. The highest BCUT2D eigenvalue weighted by molar-refractivity contribution is 5.79. The Labute approximate surface area is 104 Å². The van der Waals surface area contributed by atoms with Gasteiger partial charge in [0.1, 0.15) is 0 Å². The Bertz CT molecular complexity index is 258. The van der Waals surface area contributed by atoms with Gasteiger partial charge in [-0.1, -0.05) is 26.2 Å². The van der Waals surface area contributed by atoms with E-state index in [1.165, 1.54) is 44.9 Å². The van der Waals surface area contributed by atoms with Crippen LogP contribution in [0, 0.1) is 11.8 Å². The largest absolute Gasteiger partial charge is 0.353 e. The van der Waals surface area contributed by atoms with E-state index in [1.807, 2.05) is 0 Å². The predicted octanol–water partition coefficient (Wildman–Crippen LogP) is 1.77. The van der Waals surface area contributed by atoms with E-state index in [1.54, 1.807) is 0 Å². The number of nitrogens with zero attached hydrogens (tertiary/aromatic N) is 1. The van der Waals surface area contributed by atoms with Gasteiger partial charge in [0.2, 0.25) is 5.96 Å². The fraction of sp³-hybridized carbons (Fsp3) is 0.923. The third-order valence-electron chi connectivity index (χ3n) is 4.14. The van der Waals surface area contributed by atoms with E-state index in [2.05, 4.69) is 22.7 Å². The number of hydrogen-bond donors (Lipinski definition) is 3. The standard InChI is InChI=1S/C13H26N4/c1-10-6-7-11(8-10)9-15-13(17-14)16-12-4-2-3-5-12/h10-12H,2-9,14H2,1H3,(H2,15,16,17). The van der Waals surface area contributed by atoms with Crippen molar-refractivity contribution in [3.05, 3.63) is 0 Å². The van der Waals surface area contributed by atoms with Crippen molar-refractivity contribution in [1.29, 1.82) is 0 Å². The first kappa shape index (κ1) is 12.7. The molecule has 0 aromatic carbocycles. The molecule has 0 amide bonds. The van der Waals surface area contributed by atoms with Crippen LogP contribution in [0.2, 0.25) is 0 Å². The molecule has 2 atom stereocenters. The maximum absolute atomic E-state index is 5.52. The first-order chi connectivity index (χ1) is 8.28. The highest BCUT2D eigenvalue weighted by Gasteiger charge is 2.21. The first-order valence-corrected chi connectivity index (χ1v) is 7.05. The van der Waals surface area contributed by atoms with Crippen molar-refractivity contribution in [3.8, 4) is 0 Å². The van der Waals surface area contributed by atoms with Crippen LogP contribution in [0.15, 0.2) is 4.99 Å². The minimum absolute atomic E-state index is 0.576. The summed E-state index contributed by atoms with van der Waals surface area (Å²) in [6, 6.07) is 0.576. The molecule has 0 bridgehead atoms. The Kier molecular flexibility index (Phi) is 4.66. The second kappa shape index (κ2) is 6.24. The summed E-state index contributed by atoms with van der Waals surface area (Å²) in [5, 5.41) is 3.41. The topological polar surface area (TPSA) is 62.4 Å². The van der Waals surface area contributed by atoms with E-state index in [4.69, 9.17) is 5.84 Å². The first-order valence-electron chi connectivity index (χ1n) is 7.05. The van der Waals surface area contributed by atoms with Crippen LogP contribution in [0.1, 0.15) is 51.9 Å². The lowest BCUT2D eigenvalue weighted by Crippen LogP contribution is -2.45. The molecule has 2 rings (SSSR count). The van der Waals surface area contributed by atoms with Gasteiger partial charge in [0.25, 0.3) is 0 Å². The van der Waals surface area contributed by atoms with E-state index in [0.717, 1.165) is 24.3 Å². The van der Waals surface area contributed by atoms with Gasteiger partial charge in [-0.25, -0.2) is 5.84 Å². The molecule has 2 saturated carbocycles. The van der Waals surface area contributed by atoms with Crippen LogP contribution in [0.4, 0.5) is 0 Å². The van der Waals surface area contributed by atoms with Crippen LogP contribution in [0.3, 0.4) is 0 Å². The van der Waals surface area contributed by atoms with Crippen molar-refractivity contribution < 1.29 is 0 Å². The minimum atomic E-state index is 0.576. The number of nitrogens with two attached hydrogens (primary N) is 1. The average Bonchev–Trinajstić information content (AvgIpc) is 2.96. The maximum atomic E-state index is 5.52. The van der Waals surface area contributed by atoms with E-state index < -0.39 is 0 Å². The summed E-state index contributed by atoms with van der Waals surface area (Å²) in [5.74, 6) is 7.95. The molecular formula is C13H26N4. The number of hydrogen-bond acceptors (Lipinski definition) is 2. The monoisotopic (exact) mass is 238 g/mol. The number of rotatable bonds is 3. The van der Waals surface area contributed by atoms with E-state index in [9.17, 15) is 0 Å². The highest BCUT2D eigenvalue weighted by Crippen LogP contribution is 2.30. The number of guanidine groups is 1. The second-order valence-corrected chi connectivity index (χ2v) is 5.74. The molecule has 0 saturated heterocycles. The summed E-state index contributed by atoms with van der Waals surface area (Å²) in [7, 11) is 0. The van der Waals surface area contributed by atoms with Crippen molar-refractivity contribution in [1.82, 2.24) is 10.7 Å². The fourth-order valence-electron chi connectivity index (χ4n) is 3.11. The van der Waals surface area contributed by atoms with Crippen LogP contribution in [0.25, 0.3) is 0 Å². The van der Waals surface area contributed by atoms with E-state index in [0.29, 0.717) is 6.04 Å². The lowest BCUT2D eigenvalue weighted by Gasteiger charge is -2.16. The number of nitrogens with one attached hydrogen (secondary N) is 2. The molecule has 0 spiro atoms. The van der Waals surface area contributed by atoms with Gasteiger partial charge in [-0.2, -0.15) is 0 Å². The second-order valence-electron chi connectivity index (χ2n) is 5.74. The van der Waals surface area contributed by atoms with Gasteiger partial charge in [-0.15, -0.1) is 0 Å². The van der Waals surface area contributed by atoms with Gasteiger partial charge in [-0.3, -0.25) is 10.4 Å². The predicted molar refractivity (Wildman–Crippen MR) is 71.5 cm³/mol. The average molecular weight is 238 g/mol. The van der Waals surface area contributed by atoms with Crippen LogP contribution in [-0.4, -0.2) is 18.5 Å². The molecule has 2 unspecified atom stereocenters. The van der Waals surface area contributed by atoms with Gasteiger partial charge in [0.05, 0.1) is 0 Å². The zero-order chi connectivity index (χ0) is 12.1. The van der Waals surface area contributed by atoms with Crippen LogP contribution < -0.4 is 16.6 Å². The van der Waals surface area contributed by atoms with Gasteiger partial charge in [-0.05, 0) is 37.5 Å². The molecule has 2 fully saturated rings. The molecule has 98 valence electrons. The molecule has 4 N–H and O–H groups in total. The molecule has 0 radical (unpaired) electrons. The SMILES string of the molecule is CC1CCC(CN=C(NN)NC2CCCC2)C1. The highest BCUT2D eigenvalue weighted by atomic mass is 15.3. The quantitative estimate of drug-likeness (QED) is 0.304. The maximum Gasteiger partial charge on any atom is 0.205 e. The molecule has 0 heterocycles. The summed E-state index contributed by atoms with van der Waals surface area (Å²) in [6.07, 6.45) is 9.17. The normalized spacial score (nSPS) is 30.8. The lowest BCUT2D eigenvalue weighted by atomic mass is 10.1. The third-order valence-corrected chi connectivity index (χ3v) is 4.14. The van der Waals surface area contributed by atoms with Gasteiger partial charge < -0.3 is 5.32 Å². The zero-order valence-corrected chi connectivity index (χ0v) is 10.9. The zero-order valence-electron chi connectivity index (χ0n) is 10.9. The summed E-state index contributed by atoms with van der Waals surface area (Å²) in [5.41, 5.74) is 2.70. The van der Waals surface area contributed by atoms with Crippen LogP contribution >= 0.6 is 0 Å². The summed E-state index contributed by atoms with van der Waals surface area (Å²) in [4.78, 5) is 4.59.